The summed E-state index contributed by atoms with van der Waals surface area (Å²) >= 11 is 1.83. The van der Waals surface area contributed by atoms with E-state index in [1.165, 1.54) is 21.6 Å². The molecule has 0 N–H and O–H groups in total. The molecule has 0 unspecified atom stereocenters. The van der Waals surface area contributed by atoms with E-state index in [1.807, 2.05) is 35.0 Å². The molecule has 2 amide bonds. The third-order valence-electron chi connectivity index (χ3n) is 6.95. The minimum Gasteiger partial charge on any atom is -0.341 e. The lowest BCUT2D eigenvalue weighted by Gasteiger charge is -2.41. The Hall–Kier alpha value is -2.18. The summed E-state index contributed by atoms with van der Waals surface area (Å²) < 4.78 is 0. The van der Waals surface area contributed by atoms with Crippen LogP contribution in [0, 0.1) is 12.8 Å². The topological polar surface area (TPSA) is 43.9 Å². The molecule has 0 spiro atoms. The Bertz CT molecular complexity index is 969. The third kappa shape index (κ3) is 4.48. The van der Waals surface area contributed by atoms with Crippen LogP contribution in [0.3, 0.4) is 0 Å². The maximum atomic E-state index is 13.7. The van der Waals surface area contributed by atoms with Gasteiger partial charge in [0.1, 0.15) is 0 Å². The van der Waals surface area contributed by atoms with E-state index in [1.54, 1.807) is 0 Å². The van der Waals surface area contributed by atoms with Crippen LogP contribution in [0.25, 0.3) is 0 Å². The SMILES string of the molecule is Cc1ccccc1[C@H]1c2ccsc2CCN1[C@@H](C)C(=O)N1CCCN(C(=O)C(C)C)CC1. The number of thiophene rings is 1. The first kappa shape index (κ1) is 23.0. The van der Waals surface area contributed by atoms with Crippen molar-refractivity contribution >= 4 is 23.2 Å². The van der Waals surface area contributed by atoms with Gasteiger partial charge in [-0.05, 0) is 54.8 Å². The van der Waals surface area contributed by atoms with Crippen molar-refractivity contribution in [1.82, 2.24) is 14.7 Å². The van der Waals surface area contributed by atoms with Crippen LogP contribution in [0.5, 0.6) is 0 Å². The Morgan fingerprint density at radius 3 is 2.28 bits per heavy atom. The van der Waals surface area contributed by atoms with Gasteiger partial charge >= 0.3 is 0 Å². The quantitative estimate of drug-likeness (QED) is 0.700. The van der Waals surface area contributed by atoms with Gasteiger partial charge in [-0.15, -0.1) is 11.3 Å². The van der Waals surface area contributed by atoms with Gasteiger partial charge < -0.3 is 9.80 Å². The van der Waals surface area contributed by atoms with Crippen molar-refractivity contribution in [1.29, 1.82) is 0 Å². The van der Waals surface area contributed by atoms with E-state index in [-0.39, 0.29) is 29.8 Å². The Kier molecular flexibility index (Phi) is 7.01. The van der Waals surface area contributed by atoms with Gasteiger partial charge in [0.15, 0.2) is 0 Å². The largest absolute Gasteiger partial charge is 0.341 e. The summed E-state index contributed by atoms with van der Waals surface area (Å²) in [6.45, 7) is 11.7. The standard InChI is InChI=1S/C26H35N3O2S/c1-18(2)25(30)27-12-7-13-28(16-15-27)26(31)20(4)29-14-10-23-22(11-17-32-23)24(29)21-9-6-5-8-19(21)3/h5-6,8-9,11,17-18,20,24H,7,10,12-16H2,1-4H3/t20-,24-/m0/s1. The predicted molar refractivity (Wildman–Crippen MR) is 130 cm³/mol. The number of benzene rings is 1. The molecule has 0 aliphatic carbocycles. The monoisotopic (exact) mass is 453 g/mol. The van der Waals surface area contributed by atoms with Gasteiger partial charge in [0.2, 0.25) is 11.8 Å². The highest BCUT2D eigenvalue weighted by molar-refractivity contribution is 7.10. The number of aryl methyl sites for hydroxylation is 1. The molecule has 2 atom stereocenters. The maximum Gasteiger partial charge on any atom is 0.239 e. The van der Waals surface area contributed by atoms with Crippen molar-refractivity contribution in [2.75, 3.05) is 32.7 Å². The first-order valence-electron chi connectivity index (χ1n) is 11.8. The summed E-state index contributed by atoms with van der Waals surface area (Å²) in [5.41, 5.74) is 3.90. The molecule has 2 aliphatic rings. The number of carbonyl (C=O) groups excluding carboxylic acids is 2. The first-order chi connectivity index (χ1) is 15.4. The van der Waals surface area contributed by atoms with Crippen LogP contribution in [0.15, 0.2) is 35.7 Å². The summed E-state index contributed by atoms with van der Waals surface area (Å²) in [6, 6.07) is 10.7. The van der Waals surface area contributed by atoms with Crippen LogP contribution in [0.1, 0.15) is 54.8 Å². The second-order valence-electron chi connectivity index (χ2n) is 9.38. The Balaban J connectivity index is 1.55. The Morgan fingerprint density at radius 2 is 1.59 bits per heavy atom. The lowest BCUT2D eigenvalue weighted by atomic mass is 9.89. The highest BCUT2D eigenvalue weighted by atomic mass is 32.1. The van der Waals surface area contributed by atoms with Crippen LogP contribution < -0.4 is 0 Å². The molecule has 2 aromatic rings. The molecule has 0 bridgehead atoms. The predicted octanol–water partition coefficient (Wildman–Crippen LogP) is 4.11. The highest BCUT2D eigenvalue weighted by Crippen LogP contribution is 2.40. The van der Waals surface area contributed by atoms with Crippen LogP contribution in [-0.2, 0) is 16.0 Å². The van der Waals surface area contributed by atoms with Crippen molar-refractivity contribution in [3.8, 4) is 0 Å². The molecular weight excluding hydrogens is 418 g/mol. The fourth-order valence-corrected chi connectivity index (χ4v) is 6.03. The zero-order chi connectivity index (χ0) is 22.8. The van der Waals surface area contributed by atoms with E-state index in [9.17, 15) is 9.59 Å². The molecule has 172 valence electrons. The summed E-state index contributed by atoms with van der Waals surface area (Å²) in [5, 5.41) is 2.18. The molecule has 5 nitrogen and oxygen atoms in total. The number of carbonyl (C=O) groups is 2. The number of hydrogen-bond acceptors (Lipinski definition) is 4. The van der Waals surface area contributed by atoms with Crippen molar-refractivity contribution in [2.24, 2.45) is 5.92 Å². The summed E-state index contributed by atoms with van der Waals surface area (Å²) in [4.78, 5) is 33.8. The fraction of sp³-hybridized carbons (Fsp3) is 0.538. The van der Waals surface area contributed by atoms with E-state index in [0.29, 0.717) is 13.1 Å². The van der Waals surface area contributed by atoms with Crippen molar-refractivity contribution in [3.63, 3.8) is 0 Å². The second-order valence-corrected chi connectivity index (χ2v) is 10.4. The van der Waals surface area contributed by atoms with Crippen LogP contribution in [0.2, 0.25) is 0 Å². The molecule has 3 heterocycles. The molecule has 32 heavy (non-hydrogen) atoms. The number of amides is 2. The van der Waals surface area contributed by atoms with E-state index < -0.39 is 0 Å². The van der Waals surface area contributed by atoms with Crippen molar-refractivity contribution < 1.29 is 9.59 Å². The zero-order valence-corrected chi connectivity index (χ0v) is 20.5. The summed E-state index contributed by atoms with van der Waals surface area (Å²) in [6.07, 6.45) is 1.83. The highest BCUT2D eigenvalue weighted by Gasteiger charge is 2.37. The first-order valence-corrected chi connectivity index (χ1v) is 12.7. The van der Waals surface area contributed by atoms with E-state index in [4.69, 9.17) is 0 Å². The molecule has 6 heteroatoms. The molecule has 2 aliphatic heterocycles. The van der Waals surface area contributed by atoms with Crippen LogP contribution >= 0.6 is 11.3 Å². The Morgan fingerprint density at radius 1 is 0.906 bits per heavy atom. The van der Waals surface area contributed by atoms with Crippen molar-refractivity contribution in [2.45, 2.75) is 52.6 Å². The molecule has 1 saturated heterocycles. The summed E-state index contributed by atoms with van der Waals surface area (Å²) in [7, 11) is 0. The normalized spacial score (nSPS) is 20.7. The van der Waals surface area contributed by atoms with Gasteiger partial charge in [-0.25, -0.2) is 0 Å². The maximum absolute atomic E-state index is 13.7. The molecule has 1 aromatic heterocycles. The average molecular weight is 454 g/mol. The van der Waals surface area contributed by atoms with Gasteiger partial charge in [0.05, 0.1) is 12.1 Å². The van der Waals surface area contributed by atoms with E-state index in [2.05, 4.69) is 54.5 Å². The lowest BCUT2D eigenvalue weighted by molar-refractivity contribution is -0.138. The van der Waals surface area contributed by atoms with Gasteiger partial charge in [-0.2, -0.15) is 0 Å². The number of rotatable bonds is 4. The molecule has 0 radical (unpaired) electrons. The summed E-state index contributed by atoms with van der Waals surface area (Å²) in [5.74, 6) is 0.369. The van der Waals surface area contributed by atoms with Gasteiger partial charge in [-0.3, -0.25) is 14.5 Å². The van der Waals surface area contributed by atoms with Crippen LogP contribution in [0.4, 0.5) is 0 Å². The second kappa shape index (κ2) is 9.75. The number of fused-ring (bicyclic) bond motifs is 1. The number of hydrogen-bond donors (Lipinski definition) is 0. The molecular formula is C26H35N3O2S. The minimum atomic E-state index is -0.208. The Labute approximate surface area is 196 Å². The zero-order valence-electron chi connectivity index (χ0n) is 19.7. The molecule has 0 saturated carbocycles. The molecule has 1 fully saturated rings. The van der Waals surface area contributed by atoms with Gasteiger partial charge in [-0.1, -0.05) is 38.1 Å². The average Bonchev–Trinajstić information content (AvgIpc) is 3.13. The molecule has 4 rings (SSSR count). The lowest BCUT2D eigenvalue weighted by Crippen LogP contribution is -2.51. The fourth-order valence-electron chi connectivity index (χ4n) is 5.12. The third-order valence-corrected chi connectivity index (χ3v) is 7.95. The number of nitrogens with zero attached hydrogens (tertiary/aromatic N) is 3. The van der Waals surface area contributed by atoms with E-state index in [0.717, 1.165) is 32.5 Å². The van der Waals surface area contributed by atoms with Gasteiger partial charge in [0, 0.05) is 43.5 Å². The molecule has 1 aromatic carbocycles. The van der Waals surface area contributed by atoms with Gasteiger partial charge in [0.25, 0.3) is 0 Å². The van der Waals surface area contributed by atoms with Crippen molar-refractivity contribution in [3.05, 3.63) is 57.3 Å². The van der Waals surface area contributed by atoms with Crippen LogP contribution in [-0.4, -0.2) is 65.3 Å². The smallest absolute Gasteiger partial charge is 0.239 e. The van der Waals surface area contributed by atoms with E-state index >= 15 is 0 Å². The minimum absolute atomic E-state index is 0.000739.